The van der Waals surface area contributed by atoms with E-state index in [-0.39, 0.29) is 5.88 Å². The molecule has 0 saturated carbocycles. The Morgan fingerprint density at radius 1 is 1.11 bits per heavy atom. The highest BCUT2D eigenvalue weighted by atomic mass is 16.3. The molecule has 18 heavy (non-hydrogen) atoms. The zero-order chi connectivity index (χ0) is 12.7. The zero-order valence-electron chi connectivity index (χ0n) is 10.3. The fourth-order valence-corrected chi connectivity index (χ4v) is 1.93. The first kappa shape index (κ1) is 10.8. The molecule has 1 aromatic carbocycles. The minimum absolute atomic E-state index is 0.167. The van der Waals surface area contributed by atoms with E-state index in [1.807, 2.05) is 31.2 Å². The highest BCUT2D eigenvalue weighted by Crippen LogP contribution is 2.22. The predicted octanol–water partition coefficient (Wildman–Crippen LogP) is 2.72. The minimum Gasteiger partial charge on any atom is -0.493 e. The van der Waals surface area contributed by atoms with E-state index in [1.54, 1.807) is 23.7 Å². The first-order valence-corrected chi connectivity index (χ1v) is 5.76. The van der Waals surface area contributed by atoms with Crippen molar-refractivity contribution in [1.82, 2.24) is 14.4 Å². The molecule has 0 bridgehead atoms. The number of aromatic hydroxyl groups is 1. The maximum atomic E-state index is 9.89. The molecule has 4 heteroatoms. The van der Waals surface area contributed by atoms with E-state index in [2.05, 4.69) is 9.97 Å². The smallest absolute Gasteiger partial charge is 0.219 e. The van der Waals surface area contributed by atoms with Crippen LogP contribution in [0, 0.1) is 13.8 Å². The summed E-state index contributed by atoms with van der Waals surface area (Å²) >= 11 is 0. The van der Waals surface area contributed by atoms with Crippen molar-refractivity contribution in [3.63, 3.8) is 0 Å². The summed E-state index contributed by atoms with van der Waals surface area (Å²) in [5, 5.41) is 9.89. The van der Waals surface area contributed by atoms with E-state index in [1.165, 1.54) is 5.56 Å². The molecule has 0 unspecified atom stereocenters. The fraction of sp³-hybridized carbons (Fsp3) is 0.143. The Bertz CT molecular complexity index is 714. The molecule has 0 saturated heterocycles. The van der Waals surface area contributed by atoms with E-state index in [0.29, 0.717) is 11.3 Å². The summed E-state index contributed by atoms with van der Waals surface area (Å²) in [5.41, 5.74) is 4.31. The molecule has 0 fully saturated rings. The summed E-state index contributed by atoms with van der Waals surface area (Å²) in [6.45, 7) is 3.82. The summed E-state index contributed by atoms with van der Waals surface area (Å²) in [4.78, 5) is 8.58. The molecule has 90 valence electrons. The Morgan fingerprint density at radius 2 is 1.83 bits per heavy atom. The molecule has 2 aromatic heterocycles. The van der Waals surface area contributed by atoms with Crippen LogP contribution < -0.4 is 0 Å². The maximum absolute atomic E-state index is 9.89. The molecule has 2 heterocycles. The van der Waals surface area contributed by atoms with Crippen molar-refractivity contribution in [3.05, 3.63) is 47.9 Å². The molecule has 0 aliphatic carbocycles. The van der Waals surface area contributed by atoms with Gasteiger partial charge in [-0.05, 0) is 13.8 Å². The lowest BCUT2D eigenvalue weighted by Crippen LogP contribution is -1.90. The van der Waals surface area contributed by atoms with Gasteiger partial charge in [-0.25, -0.2) is 4.98 Å². The maximum Gasteiger partial charge on any atom is 0.219 e. The topological polar surface area (TPSA) is 50.4 Å². The summed E-state index contributed by atoms with van der Waals surface area (Å²) in [6.07, 6.45) is 3.47. The highest BCUT2D eigenvalue weighted by molar-refractivity contribution is 5.60. The molecule has 1 N–H and O–H groups in total. The van der Waals surface area contributed by atoms with Gasteiger partial charge >= 0.3 is 0 Å². The zero-order valence-corrected chi connectivity index (χ0v) is 10.3. The van der Waals surface area contributed by atoms with Crippen LogP contribution in [0.15, 0.2) is 36.7 Å². The average molecular weight is 239 g/mol. The van der Waals surface area contributed by atoms with E-state index in [4.69, 9.17) is 0 Å². The number of hydrogen-bond donors (Lipinski definition) is 1. The fourth-order valence-electron chi connectivity index (χ4n) is 1.93. The number of fused-ring (bicyclic) bond motifs is 1. The summed E-state index contributed by atoms with van der Waals surface area (Å²) in [5.74, 6) is 0.167. The van der Waals surface area contributed by atoms with Crippen molar-refractivity contribution in [2.24, 2.45) is 0 Å². The number of imidazole rings is 1. The van der Waals surface area contributed by atoms with Crippen LogP contribution in [0.4, 0.5) is 0 Å². The van der Waals surface area contributed by atoms with Gasteiger partial charge in [-0.1, -0.05) is 29.8 Å². The van der Waals surface area contributed by atoms with Gasteiger partial charge in [0.15, 0.2) is 5.65 Å². The Morgan fingerprint density at radius 3 is 2.56 bits per heavy atom. The predicted molar refractivity (Wildman–Crippen MR) is 69.6 cm³/mol. The lowest BCUT2D eigenvalue weighted by molar-refractivity contribution is 0.444. The number of rotatable bonds is 1. The van der Waals surface area contributed by atoms with Crippen LogP contribution in [0.3, 0.4) is 0 Å². The average Bonchev–Trinajstić information content (AvgIpc) is 2.66. The first-order chi connectivity index (χ1) is 8.65. The second kappa shape index (κ2) is 3.84. The van der Waals surface area contributed by atoms with E-state index in [0.717, 1.165) is 11.3 Å². The van der Waals surface area contributed by atoms with Crippen molar-refractivity contribution in [1.29, 1.82) is 0 Å². The van der Waals surface area contributed by atoms with Crippen LogP contribution in [0.5, 0.6) is 5.88 Å². The molecule has 0 spiro atoms. The standard InChI is InChI=1S/C14H13N3O/c1-9-3-5-11(6-4-9)12-8-17-13(7-15-12)16-10(2)14(17)18/h3-8,18H,1-2H3. The molecular weight excluding hydrogens is 226 g/mol. The van der Waals surface area contributed by atoms with Crippen molar-refractivity contribution in [2.45, 2.75) is 13.8 Å². The largest absolute Gasteiger partial charge is 0.493 e. The Kier molecular flexibility index (Phi) is 2.30. The Labute approximate surface area is 105 Å². The van der Waals surface area contributed by atoms with Gasteiger partial charge in [0.2, 0.25) is 5.88 Å². The number of benzene rings is 1. The Balaban J connectivity index is 2.18. The van der Waals surface area contributed by atoms with Crippen LogP contribution in [-0.4, -0.2) is 19.5 Å². The normalized spacial score (nSPS) is 11.0. The van der Waals surface area contributed by atoms with Crippen LogP contribution in [-0.2, 0) is 0 Å². The first-order valence-electron chi connectivity index (χ1n) is 5.76. The summed E-state index contributed by atoms with van der Waals surface area (Å²) in [6, 6.07) is 8.12. The molecule has 3 aromatic rings. The van der Waals surface area contributed by atoms with Gasteiger partial charge in [-0.3, -0.25) is 9.38 Å². The van der Waals surface area contributed by atoms with Gasteiger partial charge in [0.1, 0.15) is 5.69 Å². The number of aryl methyl sites for hydroxylation is 2. The van der Waals surface area contributed by atoms with Gasteiger partial charge in [0, 0.05) is 11.8 Å². The number of aromatic nitrogens is 3. The number of nitrogens with zero attached hydrogens (tertiary/aromatic N) is 3. The SMILES string of the molecule is Cc1ccc(-c2cn3c(O)c(C)nc3cn2)cc1. The molecule has 0 aliphatic rings. The van der Waals surface area contributed by atoms with Gasteiger partial charge in [0.25, 0.3) is 0 Å². The second-order valence-electron chi connectivity index (χ2n) is 4.39. The molecule has 0 aliphatic heterocycles. The van der Waals surface area contributed by atoms with Gasteiger partial charge in [-0.2, -0.15) is 0 Å². The van der Waals surface area contributed by atoms with Gasteiger partial charge in [0.05, 0.1) is 11.9 Å². The molecule has 0 amide bonds. The Hall–Kier alpha value is -2.36. The van der Waals surface area contributed by atoms with Crippen LogP contribution >= 0.6 is 0 Å². The van der Waals surface area contributed by atoms with Crippen LogP contribution in [0.2, 0.25) is 0 Å². The van der Waals surface area contributed by atoms with Gasteiger partial charge < -0.3 is 5.11 Å². The lowest BCUT2D eigenvalue weighted by atomic mass is 10.1. The third-order valence-corrected chi connectivity index (χ3v) is 3.00. The van der Waals surface area contributed by atoms with Crippen LogP contribution in [0.25, 0.3) is 16.9 Å². The number of hydrogen-bond acceptors (Lipinski definition) is 3. The summed E-state index contributed by atoms with van der Waals surface area (Å²) in [7, 11) is 0. The van der Waals surface area contributed by atoms with Crippen molar-refractivity contribution in [2.75, 3.05) is 0 Å². The third kappa shape index (κ3) is 1.62. The van der Waals surface area contributed by atoms with E-state index >= 15 is 0 Å². The minimum atomic E-state index is 0.167. The second-order valence-corrected chi connectivity index (χ2v) is 4.39. The molecule has 3 rings (SSSR count). The third-order valence-electron chi connectivity index (χ3n) is 3.00. The molecule has 0 atom stereocenters. The molecule has 0 radical (unpaired) electrons. The van der Waals surface area contributed by atoms with E-state index in [9.17, 15) is 5.11 Å². The van der Waals surface area contributed by atoms with Crippen molar-refractivity contribution >= 4 is 5.65 Å². The van der Waals surface area contributed by atoms with Crippen LogP contribution in [0.1, 0.15) is 11.3 Å². The monoisotopic (exact) mass is 239 g/mol. The highest BCUT2D eigenvalue weighted by Gasteiger charge is 2.08. The lowest BCUT2D eigenvalue weighted by Gasteiger charge is -2.02. The molecular formula is C14H13N3O. The summed E-state index contributed by atoms with van der Waals surface area (Å²) < 4.78 is 1.65. The van der Waals surface area contributed by atoms with Crippen molar-refractivity contribution < 1.29 is 5.11 Å². The quantitative estimate of drug-likeness (QED) is 0.710. The van der Waals surface area contributed by atoms with Gasteiger partial charge in [-0.15, -0.1) is 0 Å². The van der Waals surface area contributed by atoms with E-state index < -0.39 is 0 Å². The molecule has 4 nitrogen and oxygen atoms in total. The van der Waals surface area contributed by atoms with Crippen molar-refractivity contribution in [3.8, 4) is 17.1 Å².